The minimum absolute atomic E-state index is 0.230. The minimum Gasteiger partial charge on any atom is -0.366 e. The SMILES string of the molecule is CC(C)(N)C(N)C(=O)Nc1ccccc1C(N)=O. The van der Waals surface area contributed by atoms with Crippen LogP contribution in [0.5, 0.6) is 0 Å². The van der Waals surface area contributed by atoms with E-state index in [-0.39, 0.29) is 5.56 Å². The lowest BCUT2D eigenvalue weighted by Crippen LogP contribution is -2.56. The van der Waals surface area contributed by atoms with Crippen LogP contribution in [0.1, 0.15) is 24.2 Å². The third-order valence-electron chi connectivity index (χ3n) is 2.53. The molecule has 1 aromatic rings. The van der Waals surface area contributed by atoms with E-state index >= 15 is 0 Å². The van der Waals surface area contributed by atoms with Crippen LogP contribution in [0.2, 0.25) is 0 Å². The number of carbonyl (C=O) groups is 2. The molecule has 0 heterocycles. The summed E-state index contributed by atoms with van der Waals surface area (Å²) in [6.07, 6.45) is 0. The zero-order chi connectivity index (χ0) is 13.9. The van der Waals surface area contributed by atoms with Gasteiger partial charge in [-0.2, -0.15) is 0 Å². The molecule has 0 saturated carbocycles. The molecule has 0 aliphatic heterocycles. The van der Waals surface area contributed by atoms with Crippen molar-refractivity contribution in [3.63, 3.8) is 0 Å². The molecule has 0 spiro atoms. The molecule has 0 fully saturated rings. The smallest absolute Gasteiger partial charge is 0.250 e. The summed E-state index contributed by atoms with van der Waals surface area (Å²) in [6, 6.07) is 5.55. The first-order valence-electron chi connectivity index (χ1n) is 5.47. The van der Waals surface area contributed by atoms with Crippen LogP contribution in [0.4, 0.5) is 5.69 Å². The van der Waals surface area contributed by atoms with Crippen molar-refractivity contribution in [2.75, 3.05) is 5.32 Å². The molecule has 0 bridgehead atoms. The highest BCUT2D eigenvalue weighted by molar-refractivity contribution is 6.04. The second-order valence-corrected chi connectivity index (χ2v) is 4.70. The Bertz CT molecular complexity index is 465. The predicted molar refractivity (Wildman–Crippen MR) is 69.8 cm³/mol. The first-order valence-corrected chi connectivity index (χ1v) is 5.47. The van der Waals surface area contributed by atoms with Crippen LogP contribution in [-0.2, 0) is 4.79 Å². The highest BCUT2D eigenvalue weighted by atomic mass is 16.2. The van der Waals surface area contributed by atoms with Crippen molar-refractivity contribution in [3.8, 4) is 0 Å². The van der Waals surface area contributed by atoms with Gasteiger partial charge in [0.15, 0.2) is 0 Å². The number of nitrogens with one attached hydrogen (secondary N) is 1. The average molecular weight is 250 g/mol. The number of hydrogen-bond donors (Lipinski definition) is 4. The van der Waals surface area contributed by atoms with Crippen LogP contribution >= 0.6 is 0 Å². The van der Waals surface area contributed by atoms with Gasteiger partial charge in [0.05, 0.1) is 11.3 Å². The molecule has 7 N–H and O–H groups in total. The number of hydrogen-bond acceptors (Lipinski definition) is 4. The Morgan fingerprint density at radius 2 is 1.83 bits per heavy atom. The molecular weight excluding hydrogens is 232 g/mol. The predicted octanol–water partition coefficient (Wildman–Crippen LogP) is -0.211. The van der Waals surface area contributed by atoms with Gasteiger partial charge in [-0.3, -0.25) is 9.59 Å². The van der Waals surface area contributed by atoms with Crippen LogP contribution in [0.3, 0.4) is 0 Å². The maximum absolute atomic E-state index is 11.9. The molecule has 98 valence electrons. The van der Waals surface area contributed by atoms with Gasteiger partial charge >= 0.3 is 0 Å². The first kappa shape index (κ1) is 14.1. The Morgan fingerprint density at radius 3 is 2.33 bits per heavy atom. The fourth-order valence-corrected chi connectivity index (χ4v) is 1.36. The van der Waals surface area contributed by atoms with Gasteiger partial charge in [-0.05, 0) is 26.0 Å². The highest BCUT2D eigenvalue weighted by Crippen LogP contribution is 2.15. The summed E-state index contributed by atoms with van der Waals surface area (Å²) in [4.78, 5) is 23.1. The number of nitrogens with two attached hydrogens (primary N) is 3. The van der Waals surface area contributed by atoms with E-state index in [1.165, 1.54) is 6.07 Å². The van der Waals surface area contributed by atoms with E-state index in [0.717, 1.165) is 0 Å². The van der Waals surface area contributed by atoms with Gasteiger partial charge in [-0.15, -0.1) is 0 Å². The number of rotatable bonds is 4. The van der Waals surface area contributed by atoms with Gasteiger partial charge in [0, 0.05) is 5.54 Å². The lowest BCUT2D eigenvalue weighted by molar-refractivity contribution is -0.118. The van der Waals surface area contributed by atoms with E-state index in [1.807, 2.05) is 0 Å². The second-order valence-electron chi connectivity index (χ2n) is 4.70. The molecule has 18 heavy (non-hydrogen) atoms. The Balaban J connectivity index is 2.92. The quantitative estimate of drug-likeness (QED) is 0.590. The van der Waals surface area contributed by atoms with Gasteiger partial charge in [0.2, 0.25) is 5.91 Å². The van der Waals surface area contributed by atoms with Crippen LogP contribution in [-0.4, -0.2) is 23.4 Å². The third kappa shape index (κ3) is 3.28. The van der Waals surface area contributed by atoms with Crippen molar-refractivity contribution in [3.05, 3.63) is 29.8 Å². The molecule has 2 amide bonds. The van der Waals surface area contributed by atoms with Crippen molar-refractivity contribution in [2.24, 2.45) is 17.2 Å². The van der Waals surface area contributed by atoms with Crippen LogP contribution in [0, 0.1) is 0 Å². The average Bonchev–Trinajstić information content (AvgIpc) is 2.27. The summed E-state index contributed by atoms with van der Waals surface area (Å²) in [5.41, 5.74) is 16.4. The Morgan fingerprint density at radius 1 is 1.28 bits per heavy atom. The largest absolute Gasteiger partial charge is 0.366 e. The molecule has 1 rings (SSSR count). The summed E-state index contributed by atoms with van der Waals surface area (Å²) in [7, 11) is 0. The summed E-state index contributed by atoms with van der Waals surface area (Å²) in [5, 5.41) is 2.55. The van der Waals surface area contributed by atoms with Gasteiger partial charge in [-0.1, -0.05) is 12.1 Å². The molecule has 0 radical (unpaired) electrons. The molecule has 0 aliphatic rings. The Labute approximate surface area is 106 Å². The maximum Gasteiger partial charge on any atom is 0.250 e. The zero-order valence-electron chi connectivity index (χ0n) is 10.4. The van der Waals surface area contributed by atoms with Crippen LogP contribution in [0.15, 0.2) is 24.3 Å². The van der Waals surface area contributed by atoms with E-state index in [4.69, 9.17) is 17.2 Å². The number of benzene rings is 1. The van der Waals surface area contributed by atoms with Crippen molar-refractivity contribution < 1.29 is 9.59 Å². The van der Waals surface area contributed by atoms with E-state index in [0.29, 0.717) is 5.69 Å². The molecule has 0 aromatic heterocycles. The van der Waals surface area contributed by atoms with Gasteiger partial charge in [-0.25, -0.2) is 0 Å². The first-order chi connectivity index (χ1) is 8.23. The normalized spacial score (nSPS) is 12.9. The number of para-hydroxylation sites is 1. The van der Waals surface area contributed by atoms with Crippen LogP contribution in [0.25, 0.3) is 0 Å². The molecule has 1 aromatic carbocycles. The monoisotopic (exact) mass is 250 g/mol. The Kier molecular flexibility index (Phi) is 4.05. The lowest BCUT2D eigenvalue weighted by atomic mass is 9.96. The van der Waals surface area contributed by atoms with E-state index in [1.54, 1.807) is 32.0 Å². The molecule has 6 heteroatoms. The highest BCUT2D eigenvalue weighted by Gasteiger charge is 2.28. The molecule has 0 aliphatic carbocycles. The number of carbonyl (C=O) groups excluding carboxylic acids is 2. The molecule has 1 unspecified atom stereocenters. The van der Waals surface area contributed by atoms with Crippen molar-refractivity contribution >= 4 is 17.5 Å². The molecule has 1 atom stereocenters. The number of primary amides is 1. The van der Waals surface area contributed by atoms with Crippen molar-refractivity contribution in [2.45, 2.75) is 25.4 Å². The summed E-state index contributed by atoms with van der Waals surface area (Å²) < 4.78 is 0. The van der Waals surface area contributed by atoms with E-state index in [9.17, 15) is 9.59 Å². The lowest BCUT2D eigenvalue weighted by Gasteiger charge is -2.26. The molecule has 6 nitrogen and oxygen atoms in total. The topological polar surface area (TPSA) is 124 Å². The molecule has 0 saturated heterocycles. The summed E-state index contributed by atoms with van der Waals surface area (Å²) in [5.74, 6) is -1.08. The fraction of sp³-hybridized carbons (Fsp3) is 0.333. The number of amides is 2. The van der Waals surface area contributed by atoms with Gasteiger partial charge in [0.1, 0.15) is 6.04 Å². The van der Waals surface area contributed by atoms with Crippen molar-refractivity contribution in [1.82, 2.24) is 0 Å². The molecular formula is C12H18N4O2. The van der Waals surface area contributed by atoms with Crippen molar-refractivity contribution in [1.29, 1.82) is 0 Å². The van der Waals surface area contributed by atoms with Gasteiger partial charge < -0.3 is 22.5 Å². The third-order valence-corrected chi connectivity index (χ3v) is 2.53. The standard InChI is InChI=1S/C12H18N4O2/c1-12(2,15)9(13)11(18)16-8-6-4-3-5-7(8)10(14)17/h3-6,9H,13,15H2,1-2H3,(H2,14,17)(H,16,18). The second kappa shape index (κ2) is 5.16. The maximum atomic E-state index is 11.9. The van der Waals surface area contributed by atoms with E-state index in [2.05, 4.69) is 5.32 Å². The van der Waals surface area contributed by atoms with E-state index < -0.39 is 23.4 Å². The van der Waals surface area contributed by atoms with Gasteiger partial charge in [0.25, 0.3) is 5.91 Å². The summed E-state index contributed by atoms with van der Waals surface area (Å²) in [6.45, 7) is 3.30. The van der Waals surface area contributed by atoms with Crippen LogP contribution < -0.4 is 22.5 Å². The Hall–Kier alpha value is -1.92. The fourth-order valence-electron chi connectivity index (χ4n) is 1.36. The number of anilines is 1. The summed E-state index contributed by atoms with van der Waals surface area (Å²) >= 11 is 0. The minimum atomic E-state index is -0.890. The zero-order valence-corrected chi connectivity index (χ0v) is 10.4.